The Hall–Kier alpha value is -5.27. The molecule has 0 spiro atoms. The van der Waals surface area contributed by atoms with Crippen LogP contribution >= 0.6 is 0 Å². The van der Waals surface area contributed by atoms with Crippen molar-refractivity contribution in [2.45, 2.75) is 20.3 Å². The van der Waals surface area contributed by atoms with E-state index in [1.54, 1.807) is 63.9 Å². The maximum absolute atomic E-state index is 14.0. The summed E-state index contributed by atoms with van der Waals surface area (Å²) in [6, 6.07) is 16.0. The number of likely N-dealkylation sites (N-methyl/N-ethyl adjacent to an activating group) is 1. The van der Waals surface area contributed by atoms with Crippen molar-refractivity contribution < 1.29 is 33.2 Å². The van der Waals surface area contributed by atoms with Crippen molar-refractivity contribution in [3.63, 3.8) is 0 Å². The molecule has 266 valence electrons. The van der Waals surface area contributed by atoms with Crippen molar-refractivity contribution in [3.05, 3.63) is 71.9 Å². The molecule has 0 aliphatic carbocycles. The predicted molar refractivity (Wildman–Crippen MR) is 193 cm³/mol. The number of amides is 1. The van der Waals surface area contributed by atoms with Crippen LogP contribution in [0.25, 0.3) is 0 Å². The second-order valence-electron chi connectivity index (χ2n) is 11.9. The number of aryl methyl sites for hydroxylation is 2. The fourth-order valence-electron chi connectivity index (χ4n) is 5.75. The molecule has 5 rings (SSSR count). The SMILES string of the molecule is COc1ccc(OC(=O)N(c2ccnc(Nc3cc(OC)c(OCCCN4CCN(C)CC4)c(OC)c3)n2)c2c(C)cccc2C)c(OC)c1. The van der Waals surface area contributed by atoms with Crippen LogP contribution in [0.1, 0.15) is 17.5 Å². The normalized spacial score (nSPS) is 13.3. The average molecular weight is 687 g/mol. The van der Waals surface area contributed by atoms with Crippen LogP contribution in [0.15, 0.2) is 60.8 Å². The Morgan fingerprint density at radius 2 is 1.52 bits per heavy atom. The lowest BCUT2D eigenvalue weighted by atomic mass is 10.1. The maximum Gasteiger partial charge on any atom is 0.425 e. The van der Waals surface area contributed by atoms with E-state index in [0.29, 0.717) is 46.7 Å². The molecule has 0 bridgehead atoms. The standard InChI is InChI=1S/C37H46N6O7/c1-25-10-8-11-26(2)34(25)43(37(44)50-29-13-12-28(45-4)24-30(29)46-5)33-14-15-38-36(40-33)39-27-22-31(47-6)35(32(23-27)48-7)49-21-9-16-42-19-17-41(3)18-20-42/h8,10-15,22-24H,9,16-21H2,1-7H3,(H,38,39,40). The van der Waals surface area contributed by atoms with Gasteiger partial charge in [0.2, 0.25) is 11.7 Å². The minimum Gasteiger partial charge on any atom is -0.497 e. The van der Waals surface area contributed by atoms with Crippen LogP contribution < -0.4 is 38.6 Å². The monoisotopic (exact) mass is 686 g/mol. The first-order valence-electron chi connectivity index (χ1n) is 16.4. The zero-order chi connectivity index (χ0) is 35.6. The quantitative estimate of drug-likeness (QED) is 0.152. The molecule has 3 aromatic carbocycles. The molecule has 2 heterocycles. The molecular formula is C37H46N6O7. The van der Waals surface area contributed by atoms with Gasteiger partial charge in [-0.15, -0.1) is 0 Å². The number of carbonyl (C=O) groups excluding carboxylic acids is 1. The van der Waals surface area contributed by atoms with Gasteiger partial charge in [-0.1, -0.05) is 18.2 Å². The highest BCUT2D eigenvalue weighted by atomic mass is 16.6. The molecule has 4 aromatic rings. The Labute approximate surface area is 293 Å². The molecule has 50 heavy (non-hydrogen) atoms. The third kappa shape index (κ3) is 8.65. The van der Waals surface area contributed by atoms with E-state index in [4.69, 9.17) is 33.4 Å². The molecule has 1 amide bonds. The maximum atomic E-state index is 14.0. The van der Waals surface area contributed by atoms with Crippen LogP contribution in [0.5, 0.6) is 34.5 Å². The number of benzene rings is 3. The summed E-state index contributed by atoms with van der Waals surface area (Å²) >= 11 is 0. The van der Waals surface area contributed by atoms with Crippen molar-refractivity contribution in [1.82, 2.24) is 19.8 Å². The van der Waals surface area contributed by atoms with E-state index in [1.165, 1.54) is 12.0 Å². The number of nitrogens with one attached hydrogen (secondary N) is 1. The summed E-state index contributed by atoms with van der Waals surface area (Å²) in [5.41, 5.74) is 2.94. The first-order valence-corrected chi connectivity index (χ1v) is 16.4. The second-order valence-corrected chi connectivity index (χ2v) is 11.9. The van der Waals surface area contributed by atoms with E-state index in [0.717, 1.165) is 50.3 Å². The summed E-state index contributed by atoms with van der Waals surface area (Å²) in [5, 5.41) is 3.23. The first-order chi connectivity index (χ1) is 24.2. The second kappa shape index (κ2) is 16.9. The van der Waals surface area contributed by atoms with E-state index in [-0.39, 0.29) is 17.5 Å². The Morgan fingerprint density at radius 3 is 2.16 bits per heavy atom. The summed E-state index contributed by atoms with van der Waals surface area (Å²) in [4.78, 5) is 29.4. The van der Waals surface area contributed by atoms with E-state index >= 15 is 0 Å². The number of piperazine rings is 1. The van der Waals surface area contributed by atoms with Gasteiger partial charge in [-0.25, -0.2) is 14.7 Å². The molecule has 0 radical (unpaired) electrons. The van der Waals surface area contributed by atoms with Gasteiger partial charge >= 0.3 is 6.09 Å². The Kier molecular flexibility index (Phi) is 12.2. The zero-order valence-electron chi connectivity index (χ0n) is 29.8. The van der Waals surface area contributed by atoms with Gasteiger partial charge in [0.1, 0.15) is 11.6 Å². The fraction of sp³-hybridized carbons (Fsp3) is 0.378. The first kappa shape index (κ1) is 36.0. The highest BCUT2D eigenvalue weighted by Gasteiger charge is 2.27. The lowest BCUT2D eigenvalue weighted by Gasteiger charge is -2.32. The number of anilines is 4. The van der Waals surface area contributed by atoms with Crippen LogP contribution in [0.3, 0.4) is 0 Å². The number of hydrogen-bond acceptors (Lipinski definition) is 12. The third-order valence-electron chi connectivity index (χ3n) is 8.46. The average Bonchev–Trinajstić information content (AvgIpc) is 3.12. The van der Waals surface area contributed by atoms with Crippen LogP contribution in [0.4, 0.5) is 27.9 Å². The Balaban J connectivity index is 1.38. The van der Waals surface area contributed by atoms with Crippen molar-refractivity contribution in [2.75, 3.05) is 85.0 Å². The Bertz CT molecular complexity index is 1720. The molecular weight excluding hydrogens is 640 g/mol. The van der Waals surface area contributed by atoms with Gasteiger partial charge in [-0.3, -0.25) is 0 Å². The molecule has 1 fully saturated rings. The van der Waals surface area contributed by atoms with E-state index < -0.39 is 6.09 Å². The van der Waals surface area contributed by atoms with E-state index in [1.807, 2.05) is 32.0 Å². The molecule has 1 N–H and O–H groups in total. The number of methoxy groups -OCH3 is 4. The molecule has 0 unspecified atom stereocenters. The molecule has 13 nitrogen and oxygen atoms in total. The molecule has 1 saturated heterocycles. The largest absolute Gasteiger partial charge is 0.497 e. The molecule has 1 aliphatic heterocycles. The minimum atomic E-state index is -0.687. The fourth-order valence-corrected chi connectivity index (χ4v) is 5.75. The zero-order valence-corrected chi connectivity index (χ0v) is 29.8. The van der Waals surface area contributed by atoms with Crippen LogP contribution in [-0.4, -0.2) is 101 Å². The van der Waals surface area contributed by atoms with Crippen molar-refractivity contribution in [3.8, 4) is 34.5 Å². The topological polar surface area (TPSA) is 120 Å². The van der Waals surface area contributed by atoms with Gasteiger partial charge in [0, 0.05) is 68.9 Å². The molecule has 0 atom stereocenters. The number of carbonyl (C=O) groups is 1. The lowest BCUT2D eigenvalue weighted by Crippen LogP contribution is -2.44. The summed E-state index contributed by atoms with van der Waals surface area (Å²) in [7, 11) is 8.36. The summed E-state index contributed by atoms with van der Waals surface area (Å²) in [5.74, 6) is 3.17. The molecule has 13 heteroatoms. The van der Waals surface area contributed by atoms with Gasteiger partial charge in [0.05, 0.1) is 40.7 Å². The van der Waals surface area contributed by atoms with Crippen molar-refractivity contribution >= 4 is 29.2 Å². The number of rotatable bonds is 14. The lowest BCUT2D eigenvalue weighted by molar-refractivity contribution is 0.144. The minimum absolute atomic E-state index is 0.225. The Morgan fingerprint density at radius 1 is 0.840 bits per heavy atom. The third-order valence-corrected chi connectivity index (χ3v) is 8.46. The van der Waals surface area contributed by atoms with Gasteiger partial charge < -0.3 is 43.5 Å². The van der Waals surface area contributed by atoms with Gasteiger partial charge in [-0.2, -0.15) is 4.98 Å². The predicted octanol–water partition coefficient (Wildman–Crippen LogP) is 6.22. The number of aromatic nitrogens is 2. The number of nitrogens with zero attached hydrogens (tertiary/aromatic N) is 5. The number of hydrogen-bond donors (Lipinski definition) is 1. The van der Waals surface area contributed by atoms with Crippen molar-refractivity contribution in [2.24, 2.45) is 0 Å². The van der Waals surface area contributed by atoms with Crippen LogP contribution in [0, 0.1) is 13.8 Å². The van der Waals surface area contributed by atoms with Crippen LogP contribution in [-0.2, 0) is 0 Å². The van der Waals surface area contributed by atoms with Gasteiger partial charge in [0.15, 0.2) is 23.0 Å². The molecule has 1 aliphatic rings. The van der Waals surface area contributed by atoms with Gasteiger partial charge in [-0.05, 0) is 50.6 Å². The smallest absolute Gasteiger partial charge is 0.425 e. The van der Waals surface area contributed by atoms with Crippen molar-refractivity contribution in [1.29, 1.82) is 0 Å². The number of ether oxygens (including phenoxy) is 6. The summed E-state index contributed by atoms with van der Waals surface area (Å²) < 4.78 is 34.2. The summed E-state index contributed by atoms with van der Waals surface area (Å²) in [6.07, 6.45) is 1.76. The summed E-state index contributed by atoms with van der Waals surface area (Å²) in [6.45, 7) is 9.61. The number of para-hydroxylation sites is 1. The molecule has 1 aromatic heterocycles. The van der Waals surface area contributed by atoms with Gasteiger partial charge in [0.25, 0.3) is 0 Å². The highest BCUT2D eigenvalue weighted by Crippen LogP contribution is 2.41. The highest BCUT2D eigenvalue weighted by molar-refractivity contribution is 5.98. The van der Waals surface area contributed by atoms with Crippen LogP contribution in [0.2, 0.25) is 0 Å². The van der Waals surface area contributed by atoms with E-state index in [9.17, 15) is 4.79 Å². The molecule has 0 saturated carbocycles. The van der Waals surface area contributed by atoms with E-state index in [2.05, 4.69) is 27.1 Å².